The van der Waals surface area contributed by atoms with E-state index in [9.17, 15) is 18.0 Å². The molecule has 3 fully saturated rings. The Bertz CT molecular complexity index is 678. The van der Waals surface area contributed by atoms with Gasteiger partial charge in [-0.3, -0.25) is 4.79 Å². The molecule has 2 unspecified atom stereocenters. The third kappa shape index (κ3) is 4.27. The molecule has 2 aliphatic heterocycles. The van der Waals surface area contributed by atoms with Crippen molar-refractivity contribution >= 4 is 18.3 Å². The van der Waals surface area contributed by atoms with Gasteiger partial charge in [0.15, 0.2) is 0 Å². The maximum absolute atomic E-state index is 13.0. The van der Waals surface area contributed by atoms with Crippen molar-refractivity contribution in [1.29, 1.82) is 0 Å². The Morgan fingerprint density at radius 3 is 2.41 bits per heavy atom. The summed E-state index contributed by atoms with van der Waals surface area (Å²) in [5.41, 5.74) is -0.688. The molecule has 0 aromatic heterocycles. The van der Waals surface area contributed by atoms with E-state index >= 15 is 0 Å². The summed E-state index contributed by atoms with van der Waals surface area (Å²) in [6.07, 6.45) is 2.90. The summed E-state index contributed by atoms with van der Waals surface area (Å²) in [7, 11) is 0. The van der Waals surface area contributed by atoms with Gasteiger partial charge in [0.2, 0.25) is 5.91 Å². The zero-order chi connectivity index (χ0) is 18.4. The van der Waals surface area contributed by atoms with E-state index in [0.717, 1.165) is 25.3 Å². The lowest BCUT2D eigenvalue weighted by molar-refractivity contribution is -0.137. The van der Waals surface area contributed by atoms with Crippen LogP contribution >= 0.6 is 12.4 Å². The minimum absolute atomic E-state index is 0. The number of hydrogen-bond donors (Lipinski definition) is 2. The largest absolute Gasteiger partial charge is 0.416 e. The first-order chi connectivity index (χ1) is 12.3. The Balaban J connectivity index is 0.00000210. The van der Waals surface area contributed by atoms with E-state index in [4.69, 9.17) is 0 Å². The number of hydrogen-bond acceptors (Lipinski definition) is 2. The van der Waals surface area contributed by atoms with Crippen molar-refractivity contribution in [2.75, 3.05) is 0 Å². The SMILES string of the molecule is Cl.O=C(CC1CC2CCC(C1)N2)NC1(c2cccc(C(F)(F)F)c2)CCC1. The average Bonchev–Trinajstić information content (AvgIpc) is 2.89. The number of carbonyl (C=O) groups is 1. The monoisotopic (exact) mass is 402 g/mol. The minimum Gasteiger partial charge on any atom is -0.347 e. The van der Waals surface area contributed by atoms with Gasteiger partial charge in [0.25, 0.3) is 0 Å². The number of piperidine rings is 1. The Labute approximate surface area is 163 Å². The first kappa shape index (κ1) is 20.5. The second-order valence-electron chi connectivity index (χ2n) is 8.24. The summed E-state index contributed by atoms with van der Waals surface area (Å²) < 4.78 is 39.1. The molecule has 2 atom stereocenters. The van der Waals surface area contributed by atoms with E-state index in [1.54, 1.807) is 6.07 Å². The fraction of sp³-hybridized carbons (Fsp3) is 0.650. The molecule has 1 aromatic carbocycles. The number of amides is 1. The number of fused-ring (bicyclic) bond motifs is 2. The van der Waals surface area contributed by atoms with Crippen LogP contribution in [0.25, 0.3) is 0 Å². The molecular formula is C20H26ClF3N2O. The van der Waals surface area contributed by atoms with Crippen LogP contribution in [0.15, 0.2) is 24.3 Å². The summed E-state index contributed by atoms with van der Waals surface area (Å²) in [6, 6.07) is 6.50. The van der Waals surface area contributed by atoms with Gasteiger partial charge in [0.05, 0.1) is 11.1 Å². The van der Waals surface area contributed by atoms with Crippen molar-refractivity contribution in [1.82, 2.24) is 10.6 Å². The average molecular weight is 403 g/mol. The molecular weight excluding hydrogens is 377 g/mol. The highest BCUT2D eigenvalue weighted by atomic mass is 35.5. The molecule has 2 N–H and O–H groups in total. The minimum atomic E-state index is -4.36. The zero-order valence-electron chi connectivity index (χ0n) is 15.1. The molecule has 2 bridgehead atoms. The molecule has 0 spiro atoms. The van der Waals surface area contributed by atoms with Crippen LogP contribution in [0.2, 0.25) is 0 Å². The molecule has 27 heavy (non-hydrogen) atoms. The highest BCUT2D eigenvalue weighted by Crippen LogP contribution is 2.43. The Morgan fingerprint density at radius 1 is 1.19 bits per heavy atom. The van der Waals surface area contributed by atoms with Crippen molar-refractivity contribution < 1.29 is 18.0 Å². The molecule has 4 rings (SSSR count). The van der Waals surface area contributed by atoms with Crippen molar-refractivity contribution in [3.8, 4) is 0 Å². The van der Waals surface area contributed by atoms with Gasteiger partial charge in [-0.05, 0) is 68.6 Å². The molecule has 1 saturated carbocycles. The topological polar surface area (TPSA) is 41.1 Å². The molecule has 150 valence electrons. The van der Waals surface area contributed by atoms with Gasteiger partial charge in [-0.2, -0.15) is 13.2 Å². The summed E-state index contributed by atoms with van der Waals surface area (Å²) in [5, 5.41) is 6.67. The van der Waals surface area contributed by atoms with Gasteiger partial charge in [0, 0.05) is 18.5 Å². The van der Waals surface area contributed by atoms with Crippen molar-refractivity contribution in [2.45, 2.75) is 75.2 Å². The molecule has 3 aliphatic rings. The van der Waals surface area contributed by atoms with Crippen molar-refractivity contribution in [2.24, 2.45) is 5.92 Å². The highest BCUT2D eigenvalue weighted by molar-refractivity contribution is 5.85. The lowest BCUT2D eigenvalue weighted by Crippen LogP contribution is -2.51. The second-order valence-corrected chi connectivity index (χ2v) is 8.24. The first-order valence-electron chi connectivity index (χ1n) is 9.59. The zero-order valence-corrected chi connectivity index (χ0v) is 16.0. The fourth-order valence-corrected chi connectivity index (χ4v) is 4.93. The summed E-state index contributed by atoms with van der Waals surface area (Å²) >= 11 is 0. The van der Waals surface area contributed by atoms with Crippen LogP contribution in [0, 0.1) is 5.92 Å². The maximum atomic E-state index is 13.0. The number of rotatable bonds is 4. The Hall–Kier alpha value is -1.27. The molecule has 1 aliphatic carbocycles. The summed E-state index contributed by atoms with van der Waals surface area (Å²) in [6.45, 7) is 0. The molecule has 2 saturated heterocycles. The van der Waals surface area contributed by atoms with Crippen LogP contribution in [-0.2, 0) is 16.5 Å². The predicted molar refractivity (Wildman–Crippen MR) is 99.7 cm³/mol. The van der Waals surface area contributed by atoms with E-state index in [-0.39, 0.29) is 18.3 Å². The number of halogens is 4. The number of nitrogens with one attached hydrogen (secondary N) is 2. The highest BCUT2D eigenvalue weighted by Gasteiger charge is 2.42. The molecule has 1 aromatic rings. The van der Waals surface area contributed by atoms with Crippen LogP contribution in [0.1, 0.15) is 62.5 Å². The van der Waals surface area contributed by atoms with Gasteiger partial charge in [-0.1, -0.05) is 12.1 Å². The van der Waals surface area contributed by atoms with Gasteiger partial charge in [-0.15, -0.1) is 12.4 Å². The summed E-state index contributed by atoms with van der Waals surface area (Å²) in [5.74, 6) is 0.362. The van der Waals surface area contributed by atoms with Gasteiger partial charge in [-0.25, -0.2) is 0 Å². The maximum Gasteiger partial charge on any atom is 0.416 e. The fourth-order valence-electron chi connectivity index (χ4n) is 4.93. The normalized spacial score (nSPS) is 28.8. The van der Waals surface area contributed by atoms with E-state index in [2.05, 4.69) is 10.6 Å². The first-order valence-corrected chi connectivity index (χ1v) is 9.59. The van der Waals surface area contributed by atoms with Crippen molar-refractivity contribution in [3.05, 3.63) is 35.4 Å². The quantitative estimate of drug-likeness (QED) is 0.776. The third-order valence-electron chi connectivity index (χ3n) is 6.37. The third-order valence-corrected chi connectivity index (χ3v) is 6.37. The Morgan fingerprint density at radius 2 is 1.85 bits per heavy atom. The smallest absolute Gasteiger partial charge is 0.347 e. The predicted octanol–water partition coefficient (Wildman–Crippen LogP) is 4.54. The van der Waals surface area contributed by atoms with Crippen LogP contribution in [-0.4, -0.2) is 18.0 Å². The van der Waals surface area contributed by atoms with Crippen LogP contribution < -0.4 is 10.6 Å². The van der Waals surface area contributed by atoms with Crippen molar-refractivity contribution in [3.63, 3.8) is 0 Å². The van der Waals surface area contributed by atoms with Crippen LogP contribution in [0.4, 0.5) is 13.2 Å². The van der Waals surface area contributed by atoms with E-state index in [1.165, 1.54) is 25.0 Å². The number of alkyl halides is 3. The molecule has 7 heteroatoms. The van der Waals surface area contributed by atoms with E-state index in [1.807, 2.05) is 0 Å². The van der Waals surface area contributed by atoms with Crippen LogP contribution in [0.3, 0.4) is 0 Å². The number of carbonyl (C=O) groups excluding carboxylic acids is 1. The van der Waals surface area contributed by atoms with Gasteiger partial charge in [0.1, 0.15) is 0 Å². The Kier molecular flexibility index (Phi) is 5.78. The van der Waals surface area contributed by atoms with Gasteiger partial charge >= 0.3 is 6.18 Å². The lowest BCUT2D eigenvalue weighted by atomic mass is 9.71. The number of benzene rings is 1. The van der Waals surface area contributed by atoms with Gasteiger partial charge < -0.3 is 10.6 Å². The van der Waals surface area contributed by atoms with Crippen LogP contribution in [0.5, 0.6) is 0 Å². The van der Waals surface area contributed by atoms with E-state index in [0.29, 0.717) is 42.8 Å². The second kappa shape index (κ2) is 7.63. The molecule has 3 nitrogen and oxygen atoms in total. The standard InChI is InChI=1S/C20H25F3N2O.ClH/c21-20(22,23)15-4-1-3-14(12-15)19(7-2-8-19)25-18(26)11-13-9-16-5-6-17(10-13)24-16;/h1,3-4,12-13,16-17,24H,2,5-11H2,(H,25,26);1H. The molecule has 2 heterocycles. The van der Waals surface area contributed by atoms with E-state index < -0.39 is 17.3 Å². The molecule has 1 amide bonds. The lowest BCUT2D eigenvalue weighted by Gasteiger charge is -2.43. The summed E-state index contributed by atoms with van der Waals surface area (Å²) in [4.78, 5) is 12.7. The molecule has 0 radical (unpaired) electrons.